The van der Waals surface area contributed by atoms with E-state index in [0.29, 0.717) is 11.5 Å². The van der Waals surface area contributed by atoms with Crippen LogP contribution in [0.2, 0.25) is 0 Å². The summed E-state index contributed by atoms with van der Waals surface area (Å²) >= 11 is 1.40. The van der Waals surface area contributed by atoms with Gasteiger partial charge in [-0.3, -0.25) is 4.99 Å². The monoisotopic (exact) mass is 392 g/mol. The maximum absolute atomic E-state index is 12.0. The molecule has 1 atom stereocenters. The molecule has 0 aliphatic heterocycles. The molecule has 0 aromatic carbocycles. The van der Waals surface area contributed by atoms with Gasteiger partial charge >= 0.3 is 5.97 Å². The predicted octanol–water partition coefficient (Wildman–Crippen LogP) is 3.68. The Hall–Kier alpha value is -1.63. The van der Waals surface area contributed by atoms with Crippen LogP contribution >= 0.6 is 11.3 Å². The minimum Gasteiger partial charge on any atom is -0.462 e. The zero-order chi connectivity index (χ0) is 19.4. The lowest BCUT2D eigenvalue weighted by molar-refractivity contribution is 0.0531. The zero-order valence-corrected chi connectivity index (χ0v) is 17.7. The van der Waals surface area contributed by atoms with Crippen LogP contribution in [0.15, 0.2) is 4.99 Å². The van der Waals surface area contributed by atoms with Crippen molar-refractivity contribution in [1.82, 2.24) is 15.6 Å². The molecule has 7 heteroatoms. The van der Waals surface area contributed by atoms with Crippen LogP contribution in [-0.2, 0) is 4.74 Å². The Balaban J connectivity index is 1.64. The number of thiazole rings is 1. The van der Waals surface area contributed by atoms with Crippen LogP contribution in [-0.4, -0.2) is 36.6 Å². The average molecular weight is 393 g/mol. The molecule has 27 heavy (non-hydrogen) atoms. The highest BCUT2D eigenvalue weighted by molar-refractivity contribution is 7.13. The van der Waals surface area contributed by atoms with Gasteiger partial charge in [0.1, 0.15) is 9.88 Å². The van der Waals surface area contributed by atoms with Gasteiger partial charge in [-0.15, -0.1) is 11.3 Å². The Bertz CT molecular complexity index is 668. The van der Waals surface area contributed by atoms with Crippen molar-refractivity contribution in [1.29, 1.82) is 0 Å². The third kappa shape index (κ3) is 5.43. The highest BCUT2D eigenvalue weighted by Crippen LogP contribution is 2.49. The number of rotatable bonds is 9. The van der Waals surface area contributed by atoms with Gasteiger partial charge in [0.25, 0.3) is 0 Å². The quantitative estimate of drug-likeness (QED) is 0.381. The van der Waals surface area contributed by atoms with Gasteiger partial charge < -0.3 is 15.4 Å². The van der Waals surface area contributed by atoms with Crippen molar-refractivity contribution >= 4 is 23.3 Å². The third-order valence-electron chi connectivity index (χ3n) is 5.26. The number of ether oxygens (including phenoxy) is 1. The van der Waals surface area contributed by atoms with Crippen LogP contribution in [0.4, 0.5) is 0 Å². The second-order valence-electron chi connectivity index (χ2n) is 7.61. The van der Waals surface area contributed by atoms with Crippen molar-refractivity contribution in [3.8, 4) is 0 Å². The van der Waals surface area contributed by atoms with E-state index in [-0.39, 0.29) is 12.0 Å². The van der Waals surface area contributed by atoms with Gasteiger partial charge in [0.2, 0.25) is 0 Å². The fourth-order valence-corrected chi connectivity index (χ4v) is 4.47. The molecule has 2 saturated carbocycles. The van der Waals surface area contributed by atoms with Crippen LogP contribution in [0, 0.1) is 24.7 Å². The summed E-state index contributed by atoms with van der Waals surface area (Å²) in [4.78, 5) is 22.1. The normalized spacial score (nSPS) is 18.5. The molecule has 1 heterocycles. The molecule has 0 bridgehead atoms. The second kappa shape index (κ2) is 9.04. The van der Waals surface area contributed by atoms with Crippen molar-refractivity contribution in [3.05, 3.63) is 15.6 Å². The first-order valence-corrected chi connectivity index (χ1v) is 11.0. The first-order chi connectivity index (χ1) is 13.0. The Morgan fingerprint density at radius 3 is 2.52 bits per heavy atom. The average Bonchev–Trinajstić information content (AvgIpc) is 3.55. The maximum atomic E-state index is 12.0. The van der Waals surface area contributed by atoms with E-state index < -0.39 is 0 Å². The van der Waals surface area contributed by atoms with E-state index in [9.17, 15) is 4.79 Å². The number of aryl methyl sites for hydroxylation is 1. The Labute approximate surface area is 166 Å². The van der Waals surface area contributed by atoms with E-state index in [2.05, 4.69) is 29.5 Å². The molecule has 2 N–H and O–H groups in total. The fraction of sp³-hybridized carbons (Fsp3) is 0.750. The number of hydrogen-bond donors (Lipinski definition) is 2. The summed E-state index contributed by atoms with van der Waals surface area (Å²) in [5.74, 6) is 3.10. The molecule has 150 valence electrons. The van der Waals surface area contributed by atoms with Gasteiger partial charge in [-0.2, -0.15) is 0 Å². The Kier molecular flexibility index (Phi) is 6.73. The summed E-state index contributed by atoms with van der Waals surface area (Å²) in [5, 5.41) is 7.68. The summed E-state index contributed by atoms with van der Waals surface area (Å²) in [6.07, 6.45) is 5.52. The lowest BCUT2D eigenvalue weighted by Crippen LogP contribution is -2.39. The summed E-state index contributed by atoms with van der Waals surface area (Å²) in [6, 6.07) is -0.0185. The van der Waals surface area contributed by atoms with E-state index in [1.165, 1.54) is 37.0 Å². The van der Waals surface area contributed by atoms with Crippen LogP contribution in [0.5, 0.6) is 0 Å². The molecule has 2 aliphatic carbocycles. The smallest absolute Gasteiger partial charge is 0.350 e. The molecular formula is C20H32N4O2S. The molecule has 6 nitrogen and oxygen atoms in total. The number of aliphatic imine (C=N–C) groups is 1. The van der Waals surface area contributed by atoms with Gasteiger partial charge in [-0.25, -0.2) is 9.78 Å². The standard InChI is InChI=1S/C20H32N4O2S/c1-5-21-20(22-11-16(14-7-8-14)15-9-10-15)24-13(4)18-23-12(3)17(27-18)19(25)26-6-2/h13-16H,5-11H2,1-4H3,(H2,21,22,24). The number of guanidine groups is 1. The Morgan fingerprint density at radius 2 is 1.96 bits per heavy atom. The first kappa shape index (κ1) is 20.1. The van der Waals surface area contributed by atoms with Crippen LogP contribution < -0.4 is 10.6 Å². The number of nitrogens with one attached hydrogen (secondary N) is 2. The van der Waals surface area contributed by atoms with Crippen molar-refractivity contribution in [2.75, 3.05) is 19.7 Å². The molecule has 3 rings (SSSR count). The third-order valence-corrected chi connectivity index (χ3v) is 6.58. The summed E-state index contributed by atoms with van der Waals surface area (Å²) in [7, 11) is 0. The number of esters is 1. The van der Waals surface area contributed by atoms with E-state index in [1.807, 2.05) is 13.8 Å². The topological polar surface area (TPSA) is 75.6 Å². The minimum atomic E-state index is -0.289. The van der Waals surface area contributed by atoms with Crippen LogP contribution in [0.3, 0.4) is 0 Å². The molecule has 2 aliphatic rings. The summed E-state index contributed by atoms with van der Waals surface area (Å²) in [5.41, 5.74) is 0.728. The lowest BCUT2D eigenvalue weighted by atomic mass is 9.98. The Morgan fingerprint density at radius 1 is 1.30 bits per heavy atom. The van der Waals surface area contributed by atoms with E-state index >= 15 is 0 Å². The molecule has 1 unspecified atom stereocenters. The minimum absolute atomic E-state index is 0.0185. The molecule has 0 saturated heterocycles. The predicted molar refractivity (Wildman–Crippen MR) is 109 cm³/mol. The largest absolute Gasteiger partial charge is 0.462 e. The molecular weight excluding hydrogens is 360 g/mol. The number of carbonyl (C=O) groups is 1. The van der Waals surface area contributed by atoms with Gasteiger partial charge in [-0.1, -0.05) is 0 Å². The maximum Gasteiger partial charge on any atom is 0.350 e. The highest BCUT2D eigenvalue weighted by atomic mass is 32.1. The highest BCUT2D eigenvalue weighted by Gasteiger charge is 2.41. The van der Waals surface area contributed by atoms with Gasteiger partial charge in [-0.05, 0) is 71.1 Å². The number of carbonyl (C=O) groups excluding carboxylic acids is 1. The lowest BCUT2D eigenvalue weighted by Gasteiger charge is -2.18. The van der Waals surface area contributed by atoms with Gasteiger partial charge in [0.05, 0.1) is 18.3 Å². The van der Waals surface area contributed by atoms with Gasteiger partial charge in [0, 0.05) is 13.1 Å². The number of aromatic nitrogens is 1. The molecule has 1 aromatic rings. The van der Waals surface area contributed by atoms with E-state index in [1.54, 1.807) is 0 Å². The molecule has 0 spiro atoms. The molecule has 0 amide bonds. The first-order valence-electron chi connectivity index (χ1n) is 10.2. The second-order valence-corrected chi connectivity index (χ2v) is 8.64. The summed E-state index contributed by atoms with van der Waals surface area (Å²) in [6.45, 7) is 9.90. The van der Waals surface area contributed by atoms with Crippen molar-refractivity contribution in [2.45, 2.75) is 59.4 Å². The van der Waals surface area contributed by atoms with Crippen LogP contribution in [0.25, 0.3) is 0 Å². The number of nitrogens with zero attached hydrogens (tertiary/aromatic N) is 2. The van der Waals surface area contributed by atoms with Crippen molar-refractivity contribution in [2.24, 2.45) is 22.7 Å². The zero-order valence-electron chi connectivity index (χ0n) is 16.9. The molecule has 1 aromatic heterocycles. The SMILES string of the molecule is CCNC(=NCC(C1CC1)C1CC1)NC(C)c1nc(C)c(C(=O)OCC)s1. The summed E-state index contributed by atoms with van der Waals surface area (Å²) < 4.78 is 5.12. The van der Waals surface area contributed by atoms with E-state index in [0.717, 1.165) is 47.5 Å². The van der Waals surface area contributed by atoms with Crippen molar-refractivity contribution < 1.29 is 9.53 Å². The fourth-order valence-electron chi connectivity index (χ4n) is 3.50. The van der Waals surface area contributed by atoms with Crippen molar-refractivity contribution in [3.63, 3.8) is 0 Å². The number of hydrogen-bond acceptors (Lipinski definition) is 5. The van der Waals surface area contributed by atoms with Gasteiger partial charge in [0.15, 0.2) is 5.96 Å². The molecule has 0 radical (unpaired) electrons. The van der Waals surface area contributed by atoms with Crippen LogP contribution in [0.1, 0.15) is 72.9 Å². The van der Waals surface area contributed by atoms with E-state index in [4.69, 9.17) is 9.73 Å². The molecule has 2 fully saturated rings.